The number of nitrogens with one attached hydrogen (secondary N) is 2. The third-order valence-corrected chi connectivity index (χ3v) is 4.67. The molecule has 2 fully saturated rings. The van der Waals surface area contributed by atoms with Crippen molar-refractivity contribution in [1.82, 2.24) is 10.6 Å². The van der Waals surface area contributed by atoms with Crippen LogP contribution in [-0.4, -0.2) is 25.0 Å². The summed E-state index contributed by atoms with van der Waals surface area (Å²) in [5.41, 5.74) is 0. The van der Waals surface area contributed by atoms with Gasteiger partial charge in [-0.05, 0) is 44.1 Å². The summed E-state index contributed by atoms with van der Waals surface area (Å²) in [5.74, 6) is 1.85. The molecule has 0 aromatic rings. The van der Waals surface area contributed by atoms with Crippen molar-refractivity contribution in [3.8, 4) is 0 Å². The number of rotatable bonds is 3. The minimum absolute atomic E-state index is 0.202. The Bertz CT molecular complexity index is 272. The molecule has 1 aliphatic heterocycles. The Balaban J connectivity index is 1.87. The average Bonchev–Trinajstić information content (AvgIpc) is 2.40. The first-order valence-electron chi connectivity index (χ1n) is 7.69. The van der Waals surface area contributed by atoms with Crippen molar-refractivity contribution in [2.75, 3.05) is 13.1 Å². The molecule has 1 aliphatic carbocycles. The highest BCUT2D eigenvalue weighted by Crippen LogP contribution is 2.30. The summed E-state index contributed by atoms with van der Waals surface area (Å²) in [6.45, 7) is 6.52. The van der Waals surface area contributed by atoms with E-state index >= 15 is 0 Å². The Kier molecular flexibility index (Phi) is 5.04. The third kappa shape index (κ3) is 3.47. The molecule has 2 N–H and O–H groups in total. The first-order chi connectivity index (χ1) is 8.68. The maximum Gasteiger partial charge on any atom is 0.224 e. The quantitative estimate of drug-likeness (QED) is 0.809. The van der Waals surface area contributed by atoms with E-state index in [0.29, 0.717) is 23.8 Å². The van der Waals surface area contributed by atoms with Crippen molar-refractivity contribution in [1.29, 1.82) is 0 Å². The van der Waals surface area contributed by atoms with Crippen LogP contribution in [0.5, 0.6) is 0 Å². The van der Waals surface area contributed by atoms with Crippen molar-refractivity contribution in [3.63, 3.8) is 0 Å². The van der Waals surface area contributed by atoms with Crippen LogP contribution in [0.25, 0.3) is 0 Å². The molecule has 0 aromatic heterocycles. The summed E-state index contributed by atoms with van der Waals surface area (Å²) in [6.07, 6.45) is 7.26. The van der Waals surface area contributed by atoms with E-state index in [-0.39, 0.29) is 5.92 Å². The molecule has 0 bridgehead atoms. The maximum atomic E-state index is 12.3. The number of hydrogen-bond donors (Lipinski definition) is 2. The SMILES string of the molecule is CC(C)C1CCCCC1NC(=O)C1CCCNC1. The molecule has 0 aromatic carbocycles. The molecule has 104 valence electrons. The lowest BCUT2D eigenvalue weighted by Crippen LogP contribution is -2.48. The fourth-order valence-electron chi connectivity index (χ4n) is 3.51. The number of hydrogen-bond acceptors (Lipinski definition) is 2. The van der Waals surface area contributed by atoms with Crippen molar-refractivity contribution < 1.29 is 4.79 Å². The highest BCUT2D eigenvalue weighted by Gasteiger charge is 2.30. The van der Waals surface area contributed by atoms with Gasteiger partial charge in [-0.25, -0.2) is 0 Å². The third-order valence-electron chi connectivity index (χ3n) is 4.67. The molecule has 3 unspecified atom stereocenters. The standard InChI is InChI=1S/C15H28N2O/c1-11(2)13-7-3-4-8-14(13)17-15(18)12-6-5-9-16-10-12/h11-14,16H,3-10H2,1-2H3,(H,17,18). The second-order valence-corrected chi connectivity index (χ2v) is 6.35. The van der Waals surface area contributed by atoms with Gasteiger partial charge in [-0.1, -0.05) is 26.7 Å². The van der Waals surface area contributed by atoms with Gasteiger partial charge in [0.05, 0.1) is 5.92 Å². The second kappa shape index (κ2) is 6.55. The van der Waals surface area contributed by atoms with E-state index in [1.807, 2.05) is 0 Å². The van der Waals surface area contributed by atoms with Crippen molar-refractivity contribution in [3.05, 3.63) is 0 Å². The first-order valence-corrected chi connectivity index (χ1v) is 7.69. The van der Waals surface area contributed by atoms with Crippen LogP contribution >= 0.6 is 0 Å². The smallest absolute Gasteiger partial charge is 0.224 e. The van der Waals surface area contributed by atoms with E-state index in [4.69, 9.17) is 0 Å². The Morgan fingerprint density at radius 1 is 1.17 bits per heavy atom. The molecule has 3 nitrogen and oxygen atoms in total. The highest BCUT2D eigenvalue weighted by molar-refractivity contribution is 5.79. The predicted octanol–water partition coefficient (Wildman–Crippen LogP) is 2.32. The molecule has 3 atom stereocenters. The Morgan fingerprint density at radius 3 is 2.61 bits per heavy atom. The molecule has 2 rings (SSSR count). The largest absolute Gasteiger partial charge is 0.353 e. The maximum absolute atomic E-state index is 12.3. The van der Waals surface area contributed by atoms with Gasteiger partial charge in [-0.15, -0.1) is 0 Å². The van der Waals surface area contributed by atoms with E-state index in [9.17, 15) is 4.79 Å². The number of piperidine rings is 1. The van der Waals surface area contributed by atoms with Gasteiger partial charge >= 0.3 is 0 Å². The molecule has 0 radical (unpaired) electrons. The predicted molar refractivity (Wildman–Crippen MR) is 74.3 cm³/mol. The molecule has 18 heavy (non-hydrogen) atoms. The van der Waals surface area contributed by atoms with Crippen molar-refractivity contribution >= 4 is 5.91 Å². The van der Waals surface area contributed by atoms with E-state index in [1.54, 1.807) is 0 Å². The lowest BCUT2D eigenvalue weighted by atomic mass is 9.77. The molecule has 0 spiro atoms. The van der Waals surface area contributed by atoms with Crippen LogP contribution in [-0.2, 0) is 4.79 Å². The molecule has 2 aliphatic rings. The minimum Gasteiger partial charge on any atom is -0.353 e. The van der Waals surface area contributed by atoms with Gasteiger partial charge in [-0.3, -0.25) is 4.79 Å². The summed E-state index contributed by atoms with van der Waals surface area (Å²) in [7, 11) is 0. The molecule has 1 saturated heterocycles. The van der Waals surface area contributed by atoms with Crippen LogP contribution in [0.15, 0.2) is 0 Å². The number of amides is 1. The van der Waals surface area contributed by atoms with Gasteiger partial charge in [0.15, 0.2) is 0 Å². The van der Waals surface area contributed by atoms with E-state index in [2.05, 4.69) is 24.5 Å². The fourth-order valence-corrected chi connectivity index (χ4v) is 3.51. The minimum atomic E-state index is 0.202. The fraction of sp³-hybridized carbons (Fsp3) is 0.933. The van der Waals surface area contributed by atoms with Crippen LogP contribution in [0.1, 0.15) is 52.4 Å². The van der Waals surface area contributed by atoms with Crippen LogP contribution in [0.4, 0.5) is 0 Å². The second-order valence-electron chi connectivity index (χ2n) is 6.35. The molecule has 1 heterocycles. The Morgan fingerprint density at radius 2 is 1.94 bits per heavy atom. The molecular formula is C15H28N2O. The van der Waals surface area contributed by atoms with E-state index in [1.165, 1.54) is 25.7 Å². The van der Waals surface area contributed by atoms with Crippen LogP contribution in [0, 0.1) is 17.8 Å². The Hall–Kier alpha value is -0.570. The van der Waals surface area contributed by atoms with Crippen molar-refractivity contribution in [2.45, 2.75) is 58.4 Å². The van der Waals surface area contributed by atoms with Crippen LogP contribution in [0.2, 0.25) is 0 Å². The van der Waals surface area contributed by atoms with E-state index in [0.717, 1.165) is 25.9 Å². The topological polar surface area (TPSA) is 41.1 Å². The summed E-state index contributed by atoms with van der Waals surface area (Å²) >= 11 is 0. The van der Waals surface area contributed by atoms with Gasteiger partial charge in [0.1, 0.15) is 0 Å². The van der Waals surface area contributed by atoms with Gasteiger partial charge in [-0.2, -0.15) is 0 Å². The van der Waals surface area contributed by atoms with Gasteiger partial charge in [0.2, 0.25) is 5.91 Å². The average molecular weight is 252 g/mol. The molecular weight excluding hydrogens is 224 g/mol. The van der Waals surface area contributed by atoms with E-state index < -0.39 is 0 Å². The molecule has 3 heteroatoms. The van der Waals surface area contributed by atoms with Crippen LogP contribution in [0.3, 0.4) is 0 Å². The first kappa shape index (κ1) is 13.9. The van der Waals surface area contributed by atoms with Crippen LogP contribution < -0.4 is 10.6 Å². The summed E-state index contributed by atoms with van der Waals surface area (Å²) in [6, 6.07) is 0.424. The monoisotopic (exact) mass is 252 g/mol. The lowest BCUT2D eigenvalue weighted by molar-refractivity contribution is -0.127. The number of carbonyl (C=O) groups excluding carboxylic acids is 1. The van der Waals surface area contributed by atoms with Gasteiger partial charge in [0.25, 0.3) is 0 Å². The summed E-state index contributed by atoms with van der Waals surface area (Å²) in [5, 5.41) is 6.67. The zero-order valence-electron chi connectivity index (χ0n) is 11.9. The Labute approximate surface area is 111 Å². The van der Waals surface area contributed by atoms with Crippen molar-refractivity contribution in [2.24, 2.45) is 17.8 Å². The van der Waals surface area contributed by atoms with Gasteiger partial charge < -0.3 is 10.6 Å². The zero-order chi connectivity index (χ0) is 13.0. The highest BCUT2D eigenvalue weighted by atomic mass is 16.2. The lowest BCUT2D eigenvalue weighted by Gasteiger charge is -2.36. The normalized spacial score (nSPS) is 33.4. The van der Waals surface area contributed by atoms with Gasteiger partial charge in [0, 0.05) is 12.6 Å². The summed E-state index contributed by atoms with van der Waals surface area (Å²) < 4.78 is 0. The summed E-state index contributed by atoms with van der Waals surface area (Å²) in [4.78, 5) is 12.3. The zero-order valence-corrected chi connectivity index (χ0v) is 11.9. The molecule has 1 amide bonds. The molecule has 1 saturated carbocycles. The number of carbonyl (C=O) groups is 1.